The number of piperidine rings is 1. The van der Waals surface area contributed by atoms with Crippen LogP contribution in [0.1, 0.15) is 24.5 Å². The van der Waals surface area contributed by atoms with Crippen molar-refractivity contribution in [1.29, 1.82) is 0 Å². The van der Waals surface area contributed by atoms with E-state index in [-0.39, 0.29) is 0 Å². The molecule has 2 aromatic heterocycles. The maximum atomic E-state index is 4.28. The van der Waals surface area contributed by atoms with Crippen LogP contribution in [0.15, 0.2) is 24.8 Å². The van der Waals surface area contributed by atoms with E-state index >= 15 is 0 Å². The van der Waals surface area contributed by atoms with Crippen LogP contribution in [0.2, 0.25) is 0 Å². The third-order valence-corrected chi connectivity index (χ3v) is 3.11. The lowest BCUT2D eigenvalue weighted by Gasteiger charge is -2.23. The van der Waals surface area contributed by atoms with Crippen LogP contribution in [0, 0.1) is 0 Å². The van der Waals surface area contributed by atoms with Crippen LogP contribution >= 0.6 is 0 Å². The monoisotopic (exact) mass is 202 g/mol. The van der Waals surface area contributed by atoms with Gasteiger partial charge in [-0.05, 0) is 32.0 Å². The van der Waals surface area contributed by atoms with Crippen LogP contribution < -0.4 is 5.32 Å². The summed E-state index contributed by atoms with van der Waals surface area (Å²) in [4.78, 5) is 8.42. The minimum Gasteiger partial charge on any atom is -0.317 e. The molecule has 2 aromatic rings. The van der Waals surface area contributed by atoms with E-state index in [1.165, 1.54) is 18.5 Å². The minimum atomic E-state index is 0.644. The molecule has 4 nitrogen and oxygen atoms in total. The third-order valence-electron chi connectivity index (χ3n) is 3.11. The predicted molar refractivity (Wildman–Crippen MR) is 57.8 cm³/mol. The molecule has 1 aliphatic rings. The number of hydrogen-bond acceptors (Lipinski definition) is 3. The molecule has 15 heavy (non-hydrogen) atoms. The molecule has 0 aromatic carbocycles. The van der Waals surface area contributed by atoms with E-state index in [9.17, 15) is 0 Å². The summed E-state index contributed by atoms with van der Waals surface area (Å²) in [6.45, 7) is 2.23. The summed E-state index contributed by atoms with van der Waals surface area (Å²) in [6.07, 6.45) is 7.97. The number of imidazole rings is 1. The summed E-state index contributed by atoms with van der Waals surface area (Å²) in [6, 6.07) is 2.12. The molecule has 0 saturated carbocycles. The molecule has 3 rings (SSSR count). The van der Waals surface area contributed by atoms with E-state index in [1.54, 1.807) is 0 Å². The second kappa shape index (κ2) is 3.62. The molecule has 1 fully saturated rings. The van der Waals surface area contributed by atoms with Crippen LogP contribution in [0.3, 0.4) is 0 Å². The van der Waals surface area contributed by atoms with E-state index in [4.69, 9.17) is 0 Å². The highest BCUT2D eigenvalue weighted by Crippen LogP contribution is 2.24. The van der Waals surface area contributed by atoms with Crippen LogP contribution in [0.4, 0.5) is 0 Å². The van der Waals surface area contributed by atoms with Gasteiger partial charge in [0, 0.05) is 17.8 Å². The van der Waals surface area contributed by atoms with Crippen molar-refractivity contribution < 1.29 is 0 Å². The zero-order valence-electron chi connectivity index (χ0n) is 8.56. The van der Waals surface area contributed by atoms with Crippen molar-refractivity contribution >= 4 is 5.65 Å². The fourth-order valence-corrected chi connectivity index (χ4v) is 2.30. The van der Waals surface area contributed by atoms with Crippen molar-refractivity contribution in [3.05, 3.63) is 30.5 Å². The van der Waals surface area contributed by atoms with E-state index < -0.39 is 0 Å². The summed E-state index contributed by atoms with van der Waals surface area (Å²) >= 11 is 0. The Balaban J connectivity index is 2.05. The Morgan fingerprint density at radius 2 is 2.20 bits per heavy atom. The van der Waals surface area contributed by atoms with Crippen molar-refractivity contribution in [2.45, 2.75) is 18.8 Å². The van der Waals surface area contributed by atoms with Crippen molar-refractivity contribution in [1.82, 2.24) is 19.7 Å². The first-order chi connectivity index (χ1) is 7.45. The molecule has 1 aliphatic heterocycles. The van der Waals surface area contributed by atoms with Crippen molar-refractivity contribution in [2.24, 2.45) is 0 Å². The van der Waals surface area contributed by atoms with Crippen LogP contribution in [0.25, 0.3) is 5.65 Å². The molecule has 0 radical (unpaired) electrons. The van der Waals surface area contributed by atoms with Gasteiger partial charge in [0.05, 0.1) is 6.20 Å². The van der Waals surface area contributed by atoms with Crippen LogP contribution in [-0.2, 0) is 0 Å². The molecular formula is C11H14N4. The van der Waals surface area contributed by atoms with Crippen LogP contribution in [0.5, 0.6) is 0 Å². The Bertz CT molecular complexity index is 456. The van der Waals surface area contributed by atoms with Crippen molar-refractivity contribution in [3.8, 4) is 0 Å². The fraction of sp³-hybridized carbons (Fsp3) is 0.455. The van der Waals surface area contributed by atoms with Gasteiger partial charge in [-0.15, -0.1) is 0 Å². The van der Waals surface area contributed by atoms with Gasteiger partial charge in [0.1, 0.15) is 6.33 Å². The van der Waals surface area contributed by atoms with Gasteiger partial charge in [-0.25, -0.2) is 9.97 Å². The van der Waals surface area contributed by atoms with Gasteiger partial charge in [-0.2, -0.15) is 0 Å². The second-order valence-electron chi connectivity index (χ2n) is 4.02. The SMILES string of the molecule is c1cc(C2CCNCC2)n2cncc2n1. The number of nitrogens with one attached hydrogen (secondary N) is 1. The topological polar surface area (TPSA) is 42.2 Å². The third kappa shape index (κ3) is 1.51. The van der Waals surface area contributed by atoms with Gasteiger partial charge in [-0.3, -0.25) is 4.40 Å². The molecule has 78 valence electrons. The van der Waals surface area contributed by atoms with Gasteiger partial charge < -0.3 is 5.32 Å². The summed E-state index contributed by atoms with van der Waals surface area (Å²) in [5.41, 5.74) is 2.30. The summed E-state index contributed by atoms with van der Waals surface area (Å²) in [7, 11) is 0. The molecule has 1 N–H and O–H groups in total. The second-order valence-corrected chi connectivity index (χ2v) is 4.02. The van der Waals surface area contributed by atoms with Crippen molar-refractivity contribution in [3.63, 3.8) is 0 Å². The summed E-state index contributed by atoms with van der Waals surface area (Å²) in [5.74, 6) is 0.644. The van der Waals surface area contributed by atoms with Gasteiger partial charge in [0.2, 0.25) is 0 Å². The van der Waals surface area contributed by atoms with Gasteiger partial charge in [-0.1, -0.05) is 0 Å². The fourth-order valence-electron chi connectivity index (χ4n) is 2.30. The highest BCUT2D eigenvalue weighted by Gasteiger charge is 2.17. The maximum Gasteiger partial charge on any atom is 0.156 e. The lowest BCUT2D eigenvalue weighted by atomic mass is 9.94. The van der Waals surface area contributed by atoms with E-state index in [1.807, 2.05) is 18.7 Å². The average molecular weight is 202 g/mol. The van der Waals surface area contributed by atoms with E-state index in [2.05, 4.69) is 25.8 Å². The quantitative estimate of drug-likeness (QED) is 0.755. The first kappa shape index (κ1) is 8.85. The molecule has 0 atom stereocenters. The van der Waals surface area contributed by atoms with Crippen LogP contribution in [-0.4, -0.2) is 27.5 Å². The lowest BCUT2D eigenvalue weighted by Crippen LogP contribution is -2.27. The highest BCUT2D eigenvalue weighted by atomic mass is 15.0. The molecule has 0 spiro atoms. The standard InChI is InChI=1S/C11H14N4/c1-4-12-5-2-9(1)10-3-6-14-11-7-13-8-15(10)11/h3,6-9,12H,1-2,4-5H2. The molecule has 0 aliphatic carbocycles. The Kier molecular flexibility index (Phi) is 2.14. The number of fused-ring (bicyclic) bond motifs is 1. The van der Waals surface area contributed by atoms with Crippen molar-refractivity contribution in [2.75, 3.05) is 13.1 Å². The zero-order valence-corrected chi connectivity index (χ0v) is 8.56. The van der Waals surface area contributed by atoms with Gasteiger partial charge in [0.25, 0.3) is 0 Å². The molecule has 1 saturated heterocycles. The van der Waals surface area contributed by atoms with Gasteiger partial charge >= 0.3 is 0 Å². The number of aromatic nitrogens is 3. The predicted octanol–water partition coefficient (Wildman–Crippen LogP) is 1.20. The Labute approximate surface area is 88.4 Å². The van der Waals surface area contributed by atoms with Gasteiger partial charge in [0.15, 0.2) is 5.65 Å². The largest absolute Gasteiger partial charge is 0.317 e. The first-order valence-electron chi connectivity index (χ1n) is 5.43. The zero-order chi connectivity index (χ0) is 10.1. The lowest BCUT2D eigenvalue weighted by molar-refractivity contribution is 0.450. The van der Waals surface area contributed by atoms with E-state index in [0.717, 1.165) is 18.7 Å². The molecule has 0 bridgehead atoms. The summed E-state index contributed by atoms with van der Waals surface area (Å²) in [5, 5.41) is 3.39. The number of rotatable bonds is 1. The Morgan fingerprint density at radius 3 is 3.07 bits per heavy atom. The smallest absolute Gasteiger partial charge is 0.156 e. The molecule has 0 unspecified atom stereocenters. The maximum absolute atomic E-state index is 4.28. The first-order valence-corrected chi connectivity index (χ1v) is 5.43. The normalized spacial score (nSPS) is 18.4. The average Bonchev–Trinajstić information content (AvgIpc) is 2.78. The highest BCUT2D eigenvalue weighted by molar-refractivity contribution is 5.37. The number of nitrogens with zero attached hydrogens (tertiary/aromatic N) is 3. The Hall–Kier alpha value is -1.42. The Morgan fingerprint density at radius 1 is 1.33 bits per heavy atom. The molecular weight excluding hydrogens is 188 g/mol. The number of hydrogen-bond donors (Lipinski definition) is 1. The molecule has 0 amide bonds. The summed E-state index contributed by atoms with van der Waals surface area (Å²) < 4.78 is 2.11. The molecule has 3 heterocycles. The van der Waals surface area contributed by atoms with E-state index in [0.29, 0.717) is 5.92 Å². The minimum absolute atomic E-state index is 0.644. The molecule has 4 heteroatoms.